The Morgan fingerprint density at radius 2 is 1.93 bits per heavy atom. The first-order valence-electron chi connectivity index (χ1n) is 7.81. The van der Waals surface area contributed by atoms with Gasteiger partial charge < -0.3 is 11.2 Å². The van der Waals surface area contributed by atoms with E-state index in [1.807, 2.05) is 0 Å². The zero-order valence-electron chi connectivity index (χ0n) is 14.1. The summed E-state index contributed by atoms with van der Waals surface area (Å²) in [5, 5.41) is 11.0. The van der Waals surface area contributed by atoms with E-state index in [4.69, 9.17) is 17.4 Å². The highest BCUT2D eigenvalue weighted by molar-refractivity contribution is 7.99. The lowest BCUT2D eigenvalue weighted by Gasteiger charge is -2.09. The number of hydrogen-bond acceptors (Lipinski definition) is 5. The van der Waals surface area contributed by atoms with E-state index in [1.54, 1.807) is 24.3 Å². The maximum Gasteiger partial charge on any atom is 0.416 e. The predicted octanol–water partition coefficient (Wildman–Crippen LogP) is 4.06. The van der Waals surface area contributed by atoms with Gasteiger partial charge in [-0.2, -0.15) is 13.2 Å². The number of nitrogen functional groups attached to an aromatic ring is 1. The van der Waals surface area contributed by atoms with Crippen molar-refractivity contribution < 1.29 is 18.0 Å². The molecule has 0 bridgehead atoms. The Bertz CT molecular complexity index is 1010. The minimum Gasteiger partial charge on any atom is -0.335 e. The maximum atomic E-state index is 12.7. The van der Waals surface area contributed by atoms with Crippen LogP contribution in [-0.2, 0) is 11.0 Å². The summed E-state index contributed by atoms with van der Waals surface area (Å²) in [7, 11) is 0. The highest BCUT2D eigenvalue weighted by Crippen LogP contribution is 2.31. The molecule has 0 spiro atoms. The first kappa shape index (κ1) is 20.0. The Kier molecular flexibility index (Phi) is 5.80. The average Bonchev–Trinajstić information content (AvgIpc) is 3.00. The number of rotatable bonds is 5. The number of aromatic nitrogens is 3. The topological polar surface area (TPSA) is 85.8 Å². The van der Waals surface area contributed by atoms with E-state index in [1.165, 1.54) is 16.8 Å². The van der Waals surface area contributed by atoms with Crippen LogP contribution in [0.3, 0.4) is 0 Å². The predicted molar refractivity (Wildman–Crippen MR) is 101 cm³/mol. The van der Waals surface area contributed by atoms with E-state index in [9.17, 15) is 18.0 Å². The van der Waals surface area contributed by atoms with Crippen LogP contribution in [0, 0.1) is 0 Å². The molecule has 28 heavy (non-hydrogen) atoms. The third-order valence-electron chi connectivity index (χ3n) is 3.59. The van der Waals surface area contributed by atoms with E-state index in [0.717, 1.165) is 23.9 Å². The van der Waals surface area contributed by atoms with Gasteiger partial charge in [-0.15, -0.1) is 10.2 Å². The molecule has 0 aliphatic carbocycles. The lowest BCUT2D eigenvalue weighted by molar-refractivity contribution is -0.137. The van der Waals surface area contributed by atoms with Gasteiger partial charge in [0.1, 0.15) is 0 Å². The van der Waals surface area contributed by atoms with Crippen LogP contribution < -0.4 is 11.2 Å². The molecule has 146 valence electrons. The summed E-state index contributed by atoms with van der Waals surface area (Å²) in [4.78, 5) is 12.1. The number of nitrogens with one attached hydrogen (secondary N) is 1. The lowest BCUT2D eigenvalue weighted by atomic mass is 10.2. The molecule has 0 unspecified atom stereocenters. The number of benzene rings is 2. The van der Waals surface area contributed by atoms with Gasteiger partial charge in [0.2, 0.25) is 11.1 Å². The van der Waals surface area contributed by atoms with Crippen molar-refractivity contribution in [3.8, 4) is 11.4 Å². The Balaban J connectivity index is 1.65. The number of nitrogens with two attached hydrogens (primary N) is 1. The number of carbonyl (C=O) groups is 1. The van der Waals surface area contributed by atoms with Crippen molar-refractivity contribution in [2.24, 2.45) is 0 Å². The van der Waals surface area contributed by atoms with Gasteiger partial charge in [-0.25, -0.2) is 4.68 Å². The average molecular weight is 428 g/mol. The van der Waals surface area contributed by atoms with Crippen molar-refractivity contribution in [3.63, 3.8) is 0 Å². The van der Waals surface area contributed by atoms with Crippen LogP contribution in [0.2, 0.25) is 5.02 Å². The van der Waals surface area contributed by atoms with E-state index in [-0.39, 0.29) is 16.6 Å². The number of carbonyl (C=O) groups excluding carboxylic acids is 1. The molecular formula is C17H13ClF3N5OS. The standard InChI is InChI=1S/C17H13ClF3N5OS/c18-13-7-2-1-6-12(13)15-24-25-16(26(15)22)28-9-14(27)23-11-5-3-4-10(8-11)17(19,20)21/h1-8H,9,22H2,(H,23,27). The van der Waals surface area contributed by atoms with Crippen LogP contribution in [-0.4, -0.2) is 26.5 Å². The molecule has 2 aromatic carbocycles. The summed E-state index contributed by atoms with van der Waals surface area (Å²) in [5.41, 5.74) is -0.213. The van der Waals surface area contributed by atoms with Crippen LogP contribution in [0.5, 0.6) is 0 Å². The lowest BCUT2D eigenvalue weighted by Crippen LogP contribution is -2.17. The quantitative estimate of drug-likeness (QED) is 0.473. The van der Waals surface area contributed by atoms with Gasteiger partial charge in [-0.05, 0) is 30.3 Å². The molecule has 3 aromatic rings. The Morgan fingerprint density at radius 1 is 1.18 bits per heavy atom. The summed E-state index contributed by atoms with van der Waals surface area (Å²) >= 11 is 7.11. The van der Waals surface area contributed by atoms with Crippen LogP contribution in [0.15, 0.2) is 53.7 Å². The smallest absolute Gasteiger partial charge is 0.335 e. The Morgan fingerprint density at radius 3 is 2.64 bits per heavy atom. The molecule has 0 fully saturated rings. The van der Waals surface area contributed by atoms with E-state index < -0.39 is 17.6 Å². The number of alkyl halides is 3. The normalized spacial score (nSPS) is 11.4. The molecule has 1 heterocycles. The number of halogens is 4. The fourth-order valence-electron chi connectivity index (χ4n) is 2.30. The highest BCUT2D eigenvalue weighted by Gasteiger charge is 2.30. The van der Waals surface area contributed by atoms with Crippen LogP contribution in [0.4, 0.5) is 18.9 Å². The first-order valence-corrected chi connectivity index (χ1v) is 9.17. The molecule has 0 saturated heterocycles. The zero-order chi connectivity index (χ0) is 20.3. The Labute approximate surface area is 166 Å². The molecule has 0 aliphatic heterocycles. The van der Waals surface area contributed by atoms with Crippen molar-refractivity contribution in [2.45, 2.75) is 11.3 Å². The molecule has 0 saturated carbocycles. The minimum atomic E-state index is -4.49. The Hall–Kier alpha value is -2.72. The fraction of sp³-hybridized carbons (Fsp3) is 0.118. The molecule has 3 N–H and O–H groups in total. The molecule has 1 aromatic heterocycles. The van der Waals surface area contributed by atoms with Gasteiger partial charge in [-0.3, -0.25) is 4.79 Å². The number of hydrogen-bond donors (Lipinski definition) is 2. The van der Waals surface area contributed by atoms with E-state index in [0.29, 0.717) is 16.4 Å². The van der Waals surface area contributed by atoms with Gasteiger partial charge in [0.15, 0.2) is 5.82 Å². The molecular weight excluding hydrogens is 415 g/mol. The number of thioether (sulfide) groups is 1. The van der Waals surface area contributed by atoms with E-state index >= 15 is 0 Å². The maximum absolute atomic E-state index is 12.7. The summed E-state index contributed by atoms with van der Waals surface area (Å²) in [5.74, 6) is 5.67. The second-order valence-corrected chi connectivity index (χ2v) is 6.92. The molecule has 0 atom stereocenters. The van der Waals surface area contributed by atoms with Crippen molar-refractivity contribution in [2.75, 3.05) is 16.9 Å². The molecule has 11 heteroatoms. The summed E-state index contributed by atoms with van der Waals surface area (Å²) in [6.07, 6.45) is -4.49. The van der Waals surface area contributed by atoms with Crippen molar-refractivity contribution in [1.82, 2.24) is 14.9 Å². The minimum absolute atomic E-state index is 0.0476. The third-order valence-corrected chi connectivity index (χ3v) is 4.86. The summed E-state index contributed by atoms with van der Waals surface area (Å²) < 4.78 is 39.4. The monoisotopic (exact) mass is 427 g/mol. The van der Waals surface area contributed by atoms with Crippen LogP contribution in [0.1, 0.15) is 5.56 Å². The van der Waals surface area contributed by atoms with Crippen molar-refractivity contribution >= 4 is 35.0 Å². The number of amides is 1. The molecule has 6 nitrogen and oxygen atoms in total. The molecule has 0 aliphatic rings. The van der Waals surface area contributed by atoms with Crippen LogP contribution in [0.25, 0.3) is 11.4 Å². The summed E-state index contributed by atoms with van der Waals surface area (Å²) in [6.45, 7) is 0. The van der Waals surface area contributed by atoms with Gasteiger partial charge in [0.05, 0.1) is 16.3 Å². The van der Waals surface area contributed by atoms with Gasteiger partial charge in [-0.1, -0.05) is 41.6 Å². The van der Waals surface area contributed by atoms with Crippen molar-refractivity contribution in [3.05, 3.63) is 59.1 Å². The highest BCUT2D eigenvalue weighted by atomic mass is 35.5. The zero-order valence-corrected chi connectivity index (χ0v) is 15.6. The third kappa shape index (κ3) is 4.57. The van der Waals surface area contributed by atoms with Crippen molar-refractivity contribution in [1.29, 1.82) is 0 Å². The first-order chi connectivity index (χ1) is 13.3. The fourth-order valence-corrected chi connectivity index (χ4v) is 3.18. The SMILES string of the molecule is Nn1c(SCC(=O)Nc2cccc(C(F)(F)F)c2)nnc1-c1ccccc1Cl. The molecule has 3 rings (SSSR count). The van der Waals surface area contributed by atoms with Crippen LogP contribution >= 0.6 is 23.4 Å². The van der Waals surface area contributed by atoms with Gasteiger partial charge in [0.25, 0.3) is 0 Å². The van der Waals surface area contributed by atoms with Gasteiger partial charge in [0, 0.05) is 11.3 Å². The number of nitrogens with zero attached hydrogens (tertiary/aromatic N) is 3. The summed E-state index contributed by atoms with van der Waals surface area (Å²) in [6, 6.07) is 11.3. The molecule has 0 radical (unpaired) electrons. The second-order valence-electron chi connectivity index (χ2n) is 5.57. The number of anilines is 1. The van der Waals surface area contributed by atoms with Gasteiger partial charge >= 0.3 is 6.18 Å². The largest absolute Gasteiger partial charge is 0.416 e. The molecule has 1 amide bonds. The second kappa shape index (κ2) is 8.11. The van der Waals surface area contributed by atoms with E-state index in [2.05, 4.69) is 15.5 Å².